The number of carbonyl (C=O) groups is 1. The molecule has 2 aliphatic rings. The summed E-state index contributed by atoms with van der Waals surface area (Å²) in [4.78, 5) is 19.0. The minimum Gasteiger partial charge on any atom is -0.454 e. The van der Waals surface area contributed by atoms with Gasteiger partial charge in [-0.25, -0.2) is 0 Å². The molecule has 1 saturated heterocycles. The van der Waals surface area contributed by atoms with Crippen LogP contribution in [0.1, 0.15) is 19.4 Å². The van der Waals surface area contributed by atoms with E-state index in [1.165, 1.54) is 5.56 Å². The Morgan fingerprint density at radius 2 is 1.79 bits per heavy atom. The van der Waals surface area contributed by atoms with Gasteiger partial charge in [0.1, 0.15) is 0 Å². The van der Waals surface area contributed by atoms with Gasteiger partial charge < -0.3 is 14.4 Å². The Balaban J connectivity index is 1.55. The Bertz CT molecular complexity index is 608. The van der Waals surface area contributed by atoms with E-state index in [0.29, 0.717) is 6.79 Å². The van der Waals surface area contributed by atoms with Crippen LogP contribution in [-0.2, 0) is 11.3 Å². The molecule has 2 heterocycles. The first-order chi connectivity index (χ1) is 11.4. The first kappa shape index (κ1) is 17.0. The molecule has 6 heteroatoms. The van der Waals surface area contributed by atoms with Crippen LogP contribution in [0.4, 0.5) is 0 Å². The summed E-state index contributed by atoms with van der Waals surface area (Å²) >= 11 is 0. The molecular weight excluding hydrogens is 306 g/mol. The van der Waals surface area contributed by atoms with E-state index in [1.54, 1.807) is 0 Å². The summed E-state index contributed by atoms with van der Waals surface area (Å²) < 4.78 is 10.8. The van der Waals surface area contributed by atoms with Crippen LogP contribution in [0, 0.1) is 0 Å². The van der Waals surface area contributed by atoms with Crippen molar-refractivity contribution in [2.24, 2.45) is 0 Å². The molecule has 1 fully saturated rings. The predicted octanol–water partition coefficient (Wildman–Crippen LogP) is 1.40. The number of nitrogens with zero attached hydrogens (tertiary/aromatic N) is 3. The lowest BCUT2D eigenvalue weighted by Crippen LogP contribution is -2.58. The van der Waals surface area contributed by atoms with Gasteiger partial charge in [0, 0.05) is 32.7 Å². The average molecular weight is 333 g/mol. The second-order valence-corrected chi connectivity index (χ2v) is 7.21. The van der Waals surface area contributed by atoms with Crippen molar-refractivity contribution < 1.29 is 14.3 Å². The van der Waals surface area contributed by atoms with Crippen LogP contribution in [0.5, 0.6) is 11.5 Å². The molecule has 0 bridgehead atoms. The quantitative estimate of drug-likeness (QED) is 0.833. The highest BCUT2D eigenvalue weighted by atomic mass is 16.7. The lowest BCUT2D eigenvalue weighted by atomic mass is 10.0. The summed E-state index contributed by atoms with van der Waals surface area (Å²) in [5, 5.41) is 0. The van der Waals surface area contributed by atoms with Gasteiger partial charge in [0.2, 0.25) is 12.7 Å². The lowest BCUT2D eigenvalue weighted by Gasteiger charge is -2.40. The van der Waals surface area contributed by atoms with Crippen LogP contribution >= 0.6 is 0 Å². The molecule has 3 rings (SSSR count). The van der Waals surface area contributed by atoms with E-state index >= 15 is 0 Å². The first-order valence-electron chi connectivity index (χ1n) is 8.45. The Morgan fingerprint density at radius 1 is 1.12 bits per heavy atom. The molecule has 1 aromatic rings. The van der Waals surface area contributed by atoms with Gasteiger partial charge in [-0.1, -0.05) is 6.07 Å². The van der Waals surface area contributed by atoms with Gasteiger partial charge in [0.05, 0.1) is 5.54 Å². The molecule has 24 heavy (non-hydrogen) atoms. The second kappa shape index (κ2) is 6.61. The topological polar surface area (TPSA) is 45.3 Å². The monoisotopic (exact) mass is 333 g/mol. The SMILES string of the molecule is CN(C)C(C)(C)C(=O)N1CCN(Cc2ccc3c(c2)OCO3)CC1. The first-order valence-corrected chi connectivity index (χ1v) is 8.45. The smallest absolute Gasteiger partial charge is 0.242 e. The fraction of sp³-hybridized carbons (Fsp3) is 0.611. The minimum atomic E-state index is -0.459. The molecule has 132 valence electrons. The van der Waals surface area contributed by atoms with E-state index in [0.717, 1.165) is 44.2 Å². The summed E-state index contributed by atoms with van der Waals surface area (Å²) in [5.41, 5.74) is 0.757. The molecule has 1 amide bonds. The number of fused-ring (bicyclic) bond motifs is 1. The zero-order valence-electron chi connectivity index (χ0n) is 15.0. The van der Waals surface area contributed by atoms with Crippen LogP contribution < -0.4 is 9.47 Å². The van der Waals surface area contributed by atoms with Gasteiger partial charge in [0.15, 0.2) is 11.5 Å². The van der Waals surface area contributed by atoms with Gasteiger partial charge in [0.25, 0.3) is 0 Å². The van der Waals surface area contributed by atoms with Crippen LogP contribution in [-0.4, -0.2) is 73.2 Å². The van der Waals surface area contributed by atoms with Crippen molar-refractivity contribution in [1.29, 1.82) is 0 Å². The van der Waals surface area contributed by atoms with E-state index in [4.69, 9.17) is 9.47 Å². The highest BCUT2D eigenvalue weighted by Gasteiger charge is 2.35. The number of amides is 1. The molecule has 0 aromatic heterocycles. The zero-order valence-corrected chi connectivity index (χ0v) is 15.0. The van der Waals surface area contributed by atoms with E-state index in [9.17, 15) is 4.79 Å². The maximum atomic E-state index is 12.7. The Kier molecular flexibility index (Phi) is 4.69. The average Bonchev–Trinajstić information content (AvgIpc) is 3.02. The number of rotatable bonds is 4. The Morgan fingerprint density at radius 3 is 2.46 bits per heavy atom. The number of hydrogen-bond acceptors (Lipinski definition) is 5. The molecular formula is C18H27N3O3. The van der Waals surface area contributed by atoms with Crippen molar-refractivity contribution in [3.63, 3.8) is 0 Å². The van der Waals surface area contributed by atoms with Gasteiger partial charge >= 0.3 is 0 Å². The van der Waals surface area contributed by atoms with Crippen LogP contribution in [0.25, 0.3) is 0 Å². The molecule has 0 N–H and O–H groups in total. The Hall–Kier alpha value is -1.79. The summed E-state index contributed by atoms with van der Waals surface area (Å²) in [6, 6.07) is 6.10. The van der Waals surface area contributed by atoms with E-state index in [1.807, 2.05) is 43.8 Å². The maximum absolute atomic E-state index is 12.7. The van der Waals surface area contributed by atoms with Crippen LogP contribution in [0.3, 0.4) is 0 Å². The summed E-state index contributed by atoms with van der Waals surface area (Å²) in [7, 11) is 3.90. The molecule has 0 atom stereocenters. The number of benzene rings is 1. The van der Waals surface area contributed by atoms with E-state index in [-0.39, 0.29) is 5.91 Å². The standard InChI is InChI=1S/C18H27N3O3/c1-18(2,19(3)4)17(22)21-9-7-20(8-10-21)12-14-5-6-15-16(11-14)24-13-23-15/h5-6,11H,7-10,12-13H2,1-4H3. The molecule has 0 unspecified atom stereocenters. The number of likely N-dealkylation sites (N-methyl/N-ethyl adjacent to an activating group) is 1. The summed E-state index contributed by atoms with van der Waals surface area (Å²) in [6.07, 6.45) is 0. The van der Waals surface area contributed by atoms with Crippen molar-refractivity contribution in [3.05, 3.63) is 23.8 Å². The third kappa shape index (κ3) is 3.35. The fourth-order valence-electron chi connectivity index (χ4n) is 2.98. The van der Waals surface area contributed by atoms with Crippen molar-refractivity contribution in [1.82, 2.24) is 14.7 Å². The molecule has 0 aliphatic carbocycles. The largest absolute Gasteiger partial charge is 0.454 e. The number of ether oxygens (including phenoxy) is 2. The molecule has 6 nitrogen and oxygen atoms in total. The molecule has 1 aromatic carbocycles. The van der Waals surface area contributed by atoms with Crippen molar-refractivity contribution in [2.45, 2.75) is 25.9 Å². The third-order valence-electron chi connectivity index (χ3n) is 5.14. The number of hydrogen-bond donors (Lipinski definition) is 0. The number of piperazine rings is 1. The molecule has 0 spiro atoms. The van der Waals surface area contributed by atoms with Crippen molar-refractivity contribution in [2.75, 3.05) is 47.1 Å². The van der Waals surface area contributed by atoms with Gasteiger partial charge in [-0.3, -0.25) is 14.6 Å². The minimum absolute atomic E-state index is 0.204. The summed E-state index contributed by atoms with van der Waals surface area (Å²) in [6.45, 7) is 8.48. The second-order valence-electron chi connectivity index (χ2n) is 7.21. The van der Waals surface area contributed by atoms with Crippen LogP contribution in [0.2, 0.25) is 0 Å². The Labute approximate surface area is 143 Å². The fourth-order valence-corrected chi connectivity index (χ4v) is 2.98. The molecule has 2 aliphatic heterocycles. The van der Waals surface area contributed by atoms with Gasteiger partial charge in [-0.15, -0.1) is 0 Å². The van der Waals surface area contributed by atoms with E-state index in [2.05, 4.69) is 17.0 Å². The lowest BCUT2D eigenvalue weighted by molar-refractivity contribution is -0.143. The summed E-state index contributed by atoms with van der Waals surface area (Å²) in [5.74, 6) is 1.85. The highest BCUT2D eigenvalue weighted by molar-refractivity contribution is 5.85. The molecule has 0 saturated carbocycles. The van der Waals surface area contributed by atoms with Crippen LogP contribution in [0.15, 0.2) is 18.2 Å². The van der Waals surface area contributed by atoms with Crippen molar-refractivity contribution >= 4 is 5.91 Å². The third-order valence-corrected chi connectivity index (χ3v) is 5.14. The predicted molar refractivity (Wildman–Crippen MR) is 92.2 cm³/mol. The normalized spacial score (nSPS) is 18.3. The van der Waals surface area contributed by atoms with Gasteiger partial charge in [-0.05, 0) is 45.6 Å². The highest BCUT2D eigenvalue weighted by Crippen LogP contribution is 2.32. The molecule has 0 radical (unpaired) electrons. The van der Waals surface area contributed by atoms with E-state index < -0.39 is 5.54 Å². The van der Waals surface area contributed by atoms with Gasteiger partial charge in [-0.2, -0.15) is 0 Å². The number of carbonyl (C=O) groups excluding carboxylic acids is 1. The zero-order chi connectivity index (χ0) is 17.3. The van der Waals surface area contributed by atoms with Crippen molar-refractivity contribution in [3.8, 4) is 11.5 Å². The maximum Gasteiger partial charge on any atom is 0.242 e.